The molecule has 3 N–H and O–H groups in total. The molecule has 114 valence electrons. The van der Waals surface area contributed by atoms with Crippen molar-refractivity contribution < 1.29 is 9.59 Å². The summed E-state index contributed by atoms with van der Waals surface area (Å²) in [5.41, 5.74) is 3.85. The number of carbonyl (C=O) groups is 2. The summed E-state index contributed by atoms with van der Waals surface area (Å²) in [4.78, 5) is 22.2. The Morgan fingerprint density at radius 3 is 1.68 bits per heavy atom. The minimum absolute atomic E-state index is 0.0769. The highest BCUT2D eigenvalue weighted by atomic mass is 16.2. The van der Waals surface area contributed by atoms with E-state index < -0.39 is 0 Å². The molecule has 22 heavy (non-hydrogen) atoms. The predicted octanol–water partition coefficient (Wildman–Crippen LogP) is 2.99. The molecule has 0 aliphatic heterocycles. The Morgan fingerprint density at radius 1 is 0.818 bits per heavy atom. The van der Waals surface area contributed by atoms with Gasteiger partial charge in [0.1, 0.15) is 0 Å². The summed E-state index contributed by atoms with van der Waals surface area (Å²) >= 11 is 0. The van der Waals surface area contributed by atoms with Crippen LogP contribution in [-0.4, -0.2) is 19.0 Å². The van der Waals surface area contributed by atoms with Crippen LogP contribution in [0.2, 0.25) is 0 Å². The predicted molar refractivity (Wildman–Crippen MR) is 88.1 cm³/mol. The highest BCUT2D eigenvalue weighted by Crippen LogP contribution is 2.16. The van der Waals surface area contributed by atoms with Gasteiger partial charge in [-0.2, -0.15) is 0 Å². The molecular formula is C17H19N3O2. The number of anilines is 2. The average molecular weight is 297 g/mol. The summed E-state index contributed by atoms with van der Waals surface area (Å²) in [6.07, 6.45) is 0.792. The molecule has 0 aliphatic rings. The molecule has 0 aromatic heterocycles. The summed E-state index contributed by atoms with van der Waals surface area (Å²) in [6, 6.07) is 15.2. The molecule has 0 atom stereocenters. The Bertz CT molecular complexity index is 649. The van der Waals surface area contributed by atoms with Gasteiger partial charge in [0.2, 0.25) is 5.91 Å². The molecule has 3 amide bonds. The van der Waals surface area contributed by atoms with Gasteiger partial charge in [0.05, 0.1) is 0 Å². The molecule has 0 fully saturated rings. The second-order valence-electron chi connectivity index (χ2n) is 4.96. The highest BCUT2D eigenvalue weighted by molar-refractivity contribution is 5.89. The first-order valence-electron chi connectivity index (χ1n) is 7.01. The van der Waals surface area contributed by atoms with E-state index in [9.17, 15) is 9.59 Å². The topological polar surface area (TPSA) is 70.2 Å². The zero-order valence-corrected chi connectivity index (χ0v) is 12.6. The fourth-order valence-electron chi connectivity index (χ4n) is 2.04. The fraction of sp³-hybridized carbons (Fsp3) is 0.176. The Morgan fingerprint density at radius 2 is 1.27 bits per heavy atom. The van der Waals surface area contributed by atoms with Crippen LogP contribution in [0.1, 0.15) is 18.1 Å². The van der Waals surface area contributed by atoms with E-state index in [0.717, 1.165) is 28.9 Å². The second kappa shape index (κ2) is 7.26. The van der Waals surface area contributed by atoms with Gasteiger partial charge >= 0.3 is 6.03 Å². The van der Waals surface area contributed by atoms with Crippen molar-refractivity contribution in [1.82, 2.24) is 5.32 Å². The number of benzene rings is 2. The molecule has 0 heterocycles. The lowest BCUT2D eigenvalue weighted by atomic mass is 10.0. The van der Waals surface area contributed by atoms with Gasteiger partial charge in [-0.25, -0.2) is 4.79 Å². The maximum atomic E-state index is 11.2. The van der Waals surface area contributed by atoms with Crippen molar-refractivity contribution in [3.05, 3.63) is 59.7 Å². The molecular weight excluding hydrogens is 278 g/mol. The third-order valence-corrected chi connectivity index (χ3v) is 3.12. The van der Waals surface area contributed by atoms with Gasteiger partial charge in [-0.3, -0.25) is 4.79 Å². The zero-order chi connectivity index (χ0) is 15.9. The first-order valence-corrected chi connectivity index (χ1v) is 7.01. The molecule has 0 saturated heterocycles. The monoisotopic (exact) mass is 297 g/mol. The van der Waals surface area contributed by atoms with Crippen LogP contribution >= 0.6 is 0 Å². The van der Waals surface area contributed by atoms with E-state index >= 15 is 0 Å². The fourth-order valence-corrected chi connectivity index (χ4v) is 2.04. The van der Waals surface area contributed by atoms with E-state index in [0.29, 0.717) is 0 Å². The summed E-state index contributed by atoms with van der Waals surface area (Å²) in [6.45, 7) is 1.49. The highest BCUT2D eigenvalue weighted by Gasteiger charge is 2.01. The van der Waals surface area contributed by atoms with Crippen LogP contribution in [0.3, 0.4) is 0 Å². The Kier molecular flexibility index (Phi) is 5.14. The van der Waals surface area contributed by atoms with Crippen molar-refractivity contribution in [1.29, 1.82) is 0 Å². The lowest BCUT2D eigenvalue weighted by Crippen LogP contribution is -2.24. The summed E-state index contributed by atoms with van der Waals surface area (Å²) in [5, 5.41) is 7.97. The number of urea groups is 1. The van der Waals surface area contributed by atoms with Crippen molar-refractivity contribution in [3.63, 3.8) is 0 Å². The van der Waals surface area contributed by atoms with E-state index in [1.165, 1.54) is 6.92 Å². The quantitative estimate of drug-likeness (QED) is 0.812. The number of rotatable bonds is 4. The molecule has 2 aromatic rings. The van der Waals surface area contributed by atoms with E-state index in [2.05, 4.69) is 16.0 Å². The van der Waals surface area contributed by atoms with Crippen molar-refractivity contribution in [2.45, 2.75) is 13.3 Å². The Balaban J connectivity index is 1.98. The second-order valence-corrected chi connectivity index (χ2v) is 4.96. The Hall–Kier alpha value is -2.82. The largest absolute Gasteiger partial charge is 0.341 e. The lowest BCUT2D eigenvalue weighted by Gasteiger charge is -2.07. The molecule has 5 nitrogen and oxygen atoms in total. The van der Waals surface area contributed by atoms with Crippen molar-refractivity contribution in [3.8, 4) is 0 Å². The van der Waals surface area contributed by atoms with Gasteiger partial charge in [-0.05, 0) is 41.8 Å². The number of amides is 3. The molecule has 0 spiro atoms. The van der Waals surface area contributed by atoms with Crippen LogP contribution in [-0.2, 0) is 11.2 Å². The minimum Gasteiger partial charge on any atom is -0.341 e. The van der Waals surface area contributed by atoms with E-state index in [1.54, 1.807) is 7.05 Å². The molecule has 2 rings (SSSR count). The van der Waals surface area contributed by atoms with Crippen LogP contribution in [0.25, 0.3) is 0 Å². The van der Waals surface area contributed by atoms with Crippen LogP contribution in [0.4, 0.5) is 16.2 Å². The third kappa shape index (κ3) is 4.63. The van der Waals surface area contributed by atoms with Gasteiger partial charge in [-0.1, -0.05) is 24.3 Å². The molecule has 0 radical (unpaired) electrons. The summed E-state index contributed by atoms with van der Waals surface area (Å²) in [5.74, 6) is -0.0769. The number of nitrogens with one attached hydrogen (secondary N) is 3. The zero-order valence-electron chi connectivity index (χ0n) is 12.6. The van der Waals surface area contributed by atoms with Gasteiger partial charge in [0, 0.05) is 25.3 Å². The average Bonchev–Trinajstić information content (AvgIpc) is 2.50. The van der Waals surface area contributed by atoms with Gasteiger partial charge in [0.15, 0.2) is 0 Å². The third-order valence-electron chi connectivity index (χ3n) is 3.12. The van der Waals surface area contributed by atoms with E-state index in [1.807, 2.05) is 48.5 Å². The number of hydrogen-bond donors (Lipinski definition) is 3. The maximum absolute atomic E-state index is 11.2. The molecule has 0 saturated carbocycles. The summed E-state index contributed by atoms with van der Waals surface area (Å²) in [7, 11) is 1.58. The normalized spacial score (nSPS) is 9.91. The van der Waals surface area contributed by atoms with Gasteiger partial charge < -0.3 is 16.0 Å². The van der Waals surface area contributed by atoms with Crippen LogP contribution < -0.4 is 16.0 Å². The van der Waals surface area contributed by atoms with Crippen LogP contribution in [0, 0.1) is 0 Å². The van der Waals surface area contributed by atoms with Gasteiger partial charge in [0.25, 0.3) is 0 Å². The Labute approximate surface area is 129 Å². The summed E-state index contributed by atoms with van der Waals surface area (Å²) < 4.78 is 0. The van der Waals surface area contributed by atoms with Crippen LogP contribution in [0.5, 0.6) is 0 Å². The van der Waals surface area contributed by atoms with Crippen molar-refractivity contribution in [2.24, 2.45) is 0 Å². The molecule has 0 unspecified atom stereocenters. The smallest absolute Gasteiger partial charge is 0.318 e. The molecule has 5 heteroatoms. The van der Waals surface area contributed by atoms with Crippen LogP contribution in [0.15, 0.2) is 48.5 Å². The first kappa shape index (κ1) is 15.6. The van der Waals surface area contributed by atoms with E-state index in [4.69, 9.17) is 0 Å². The lowest BCUT2D eigenvalue weighted by molar-refractivity contribution is -0.114. The maximum Gasteiger partial charge on any atom is 0.318 e. The number of hydrogen-bond acceptors (Lipinski definition) is 2. The van der Waals surface area contributed by atoms with Crippen molar-refractivity contribution >= 4 is 23.3 Å². The van der Waals surface area contributed by atoms with Crippen molar-refractivity contribution in [2.75, 3.05) is 17.7 Å². The minimum atomic E-state index is -0.235. The van der Waals surface area contributed by atoms with Gasteiger partial charge in [-0.15, -0.1) is 0 Å². The molecule has 0 aliphatic carbocycles. The molecule has 0 bridgehead atoms. The first-order chi connectivity index (χ1) is 10.6. The SMILES string of the molecule is CNC(=O)Nc1ccc(Cc2ccc(NC(C)=O)cc2)cc1. The number of carbonyl (C=O) groups excluding carboxylic acids is 2. The molecule has 2 aromatic carbocycles. The van der Waals surface area contributed by atoms with E-state index in [-0.39, 0.29) is 11.9 Å². The standard InChI is InChI=1S/C17H19N3O2/c1-12(21)19-15-7-3-13(4-8-15)11-14-5-9-16(10-6-14)20-17(22)18-2/h3-10H,11H2,1-2H3,(H,19,21)(H2,18,20,22).